The molecular formula is C20H22N2O6. The van der Waals surface area contributed by atoms with E-state index in [4.69, 9.17) is 13.9 Å². The zero-order valence-electron chi connectivity index (χ0n) is 15.3. The lowest BCUT2D eigenvalue weighted by atomic mass is 10.2. The third-order valence-corrected chi connectivity index (χ3v) is 4.35. The SMILES string of the molecule is O=C(COC(=O)c1occc1COc1ccccc1)NC(=O)NC1CCCC1. The van der Waals surface area contributed by atoms with Crippen LogP contribution in [-0.2, 0) is 16.1 Å². The zero-order chi connectivity index (χ0) is 19.8. The largest absolute Gasteiger partial charge is 0.489 e. The molecule has 8 heteroatoms. The highest BCUT2D eigenvalue weighted by molar-refractivity contribution is 5.96. The summed E-state index contributed by atoms with van der Waals surface area (Å²) in [5.74, 6) is -0.907. The Bertz CT molecular complexity index is 811. The Morgan fingerprint density at radius 2 is 1.82 bits per heavy atom. The Morgan fingerprint density at radius 1 is 1.07 bits per heavy atom. The van der Waals surface area contributed by atoms with Gasteiger partial charge in [0.2, 0.25) is 5.76 Å². The van der Waals surface area contributed by atoms with Crippen molar-refractivity contribution in [3.8, 4) is 5.75 Å². The van der Waals surface area contributed by atoms with Crippen molar-refractivity contribution < 1.29 is 28.3 Å². The Labute approximate surface area is 162 Å². The second-order valence-corrected chi connectivity index (χ2v) is 6.46. The van der Waals surface area contributed by atoms with Crippen molar-refractivity contribution in [1.29, 1.82) is 0 Å². The standard InChI is InChI=1S/C20H22N2O6/c23-17(22-20(25)21-15-6-4-5-7-15)13-28-19(24)18-14(10-11-26-18)12-27-16-8-2-1-3-9-16/h1-3,8-11,15H,4-7,12-13H2,(H2,21,22,23,25). The molecule has 3 amide bonds. The van der Waals surface area contributed by atoms with Crippen LogP contribution in [0.1, 0.15) is 41.8 Å². The normalized spacial score (nSPS) is 13.7. The topological polar surface area (TPSA) is 107 Å². The first-order chi connectivity index (χ1) is 13.6. The van der Waals surface area contributed by atoms with Gasteiger partial charge in [0.25, 0.3) is 5.91 Å². The van der Waals surface area contributed by atoms with Gasteiger partial charge in [0, 0.05) is 11.6 Å². The van der Waals surface area contributed by atoms with E-state index in [1.807, 2.05) is 18.2 Å². The molecule has 0 unspecified atom stereocenters. The third-order valence-electron chi connectivity index (χ3n) is 4.35. The number of amides is 3. The van der Waals surface area contributed by atoms with Crippen molar-refractivity contribution in [2.45, 2.75) is 38.3 Å². The molecule has 1 aromatic carbocycles. The number of ether oxygens (including phenoxy) is 2. The maximum Gasteiger partial charge on any atom is 0.375 e. The van der Waals surface area contributed by atoms with Crippen LogP contribution in [0.4, 0.5) is 4.79 Å². The van der Waals surface area contributed by atoms with Crippen molar-refractivity contribution in [3.05, 3.63) is 54.0 Å². The monoisotopic (exact) mass is 386 g/mol. The molecule has 1 heterocycles. The summed E-state index contributed by atoms with van der Waals surface area (Å²) >= 11 is 0. The summed E-state index contributed by atoms with van der Waals surface area (Å²) in [5.41, 5.74) is 0.494. The van der Waals surface area contributed by atoms with Gasteiger partial charge < -0.3 is 19.2 Å². The van der Waals surface area contributed by atoms with E-state index >= 15 is 0 Å². The minimum Gasteiger partial charge on any atom is -0.489 e. The molecule has 1 fully saturated rings. The molecule has 3 rings (SSSR count). The predicted octanol–water partition coefficient (Wildman–Crippen LogP) is 2.78. The Hall–Kier alpha value is -3.29. The highest BCUT2D eigenvalue weighted by Gasteiger charge is 2.21. The van der Waals surface area contributed by atoms with Crippen LogP contribution in [0.3, 0.4) is 0 Å². The number of nitrogens with one attached hydrogen (secondary N) is 2. The average Bonchev–Trinajstić information content (AvgIpc) is 3.37. The van der Waals surface area contributed by atoms with E-state index in [1.165, 1.54) is 6.26 Å². The van der Waals surface area contributed by atoms with E-state index in [2.05, 4.69) is 10.6 Å². The van der Waals surface area contributed by atoms with Crippen molar-refractivity contribution >= 4 is 17.9 Å². The lowest BCUT2D eigenvalue weighted by Gasteiger charge is -2.12. The van der Waals surface area contributed by atoms with E-state index in [9.17, 15) is 14.4 Å². The maximum atomic E-state index is 12.2. The molecule has 0 atom stereocenters. The van der Waals surface area contributed by atoms with E-state index in [0.29, 0.717) is 11.3 Å². The van der Waals surface area contributed by atoms with Gasteiger partial charge in [-0.1, -0.05) is 31.0 Å². The molecule has 1 saturated carbocycles. The molecule has 0 bridgehead atoms. The van der Waals surface area contributed by atoms with Gasteiger partial charge in [-0.25, -0.2) is 9.59 Å². The molecule has 0 spiro atoms. The van der Waals surface area contributed by atoms with Gasteiger partial charge in [0.15, 0.2) is 6.61 Å². The number of carbonyl (C=O) groups excluding carboxylic acids is 3. The van der Waals surface area contributed by atoms with Crippen molar-refractivity contribution in [2.24, 2.45) is 0 Å². The number of rotatable bonds is 7. The summed E-state index contributed by atoms with van der Waals surface area (Å²) in [7, 11) is 0. The van der Waals surface area contributed by atoms with Crippen LogP contribution < -0.4 is 15.4 Å². The molecule has 0 saturated heterocycles. The number of urea groups is 1. The lowest BCUT2D eigenvalue weighted by molar-refractivity contribution is -0.123. The minimum absolute atomic E-state index is 0.0425. The maximum absolute atomic E-state index is 12.2. The summed E-state index contributed by atoms with van der Waals surface area (Å²) in [4.78, 5) is 35.7. The van der Waals surface area contributed by atoms with Crippen LogP contribution in [0.5, 0.6) is 5.75 Å². The smallest absolute Gasteiger partial charge is 0.375 e. The molecular weight excluding hydrogens is 364 g/mol. The second-order valence-electron chi connectivity index (χ2n) is 6.46. The number of para-hydroxylation sites is 1. The molecule has 0 aliphatic heterocycles. The van der Waals surface area contributed by atoms with Crippen LogP contribution >= 0.6 is 0 Å². The highest BCUT2D eigenvalue weighted by Crippen LogP contribution is 2.18. The highest BCUT2D eigenvalue weighted by atomic mass is 16.5. The third kappa shape index (κ3) is 5.60. The number of esters is 1. The predicted molar refractivity (Wildman–Crippen MR) is 98.7 cm³/mol. The van der Waals surface area contributed by atoms with E-state index < -0.39 is 24.5 Å². The number of imide groups is 1. The first-order valence-corrected chi connectivity index (χ1v) is 9.13. The fraction of sp³-hybridized carbons (Fsp3) is 0.350. The fourth-order valence-corrected chi connectivity index (χ4v) is 2.96. The average molecular weight is 386 g/mol. The van der Waals surface area contributed by atoms with Crippen molar-refractivity contribution in [2.75, 3.05) is 6.61 Å². The Morgan fingerprint density at radius 3 is 2.57 bits per heavy atom. The molecule has 28 heavy (non-hydrogen) atoms. The van der Waals surface area contributed by atoms with Gasteiger partial charge in [-0.05, 0) is 31.0 Å². The van der Waals surface area contributed by atoms with Crippen molar-refractivity contribution in [3.63, 3.8) is 0 Å². The summed E-state index contributed by atoms with van der Waals surface area (Å²) in [6.07, 6.45) is 5.28. The second kappa shape index (κ2) is 9.59. The number of carbonyl (C=O) groups is 3. The number of hydrogen-bond donors (Lipinski definition) is 2. The van der Waals surface area contributed by atoms with Crippen molar-refractivity contribution in [1.82, 2.24) is 10.6 Å². The first kappa shape index (κ1) is 19.5. The molecule has 0 radical (unpaired) electrons. The Balaban J connectivity index is 1.43. The van der Waals surface area contributed by atoms with Crippen LogP contribution in [0, 0.1) is 0 Å². The number of hydrogen-bond acceptors (Lipinski definition) is 6. The quantitative estimate of drug-likeness (QED) is 0.709. The van der Waals surface area contributed by atoms with E-state index in [0.717, 1.165) is 25.7 Å². The first-order valence-electron chi connectivity index (χ1n) is 9.13. The van der Waals surface area contributed by atoms with Crippen LogP contribution in [0.15, 0.2) is 47.1 Å². The molecule has 148 valence electrons. The molecule has 8 nitrogen and oxygen atoms in total. The zero-order valence-corrected chi connectivity index (χ0v) is 15.3. The van der Waals surface area contributed by atoms with Gasteiger partial charge in [-0.3, -0.25) is 10.1 Å². The number of benzene rings is 1. The summed E-state index contributed by atoms with van der Waals surface area (Å²) in [6, 6.07) is 10.2. The van der Waals surface area contributed by atoms with Crippen LogP contribution in [0.2, 0.25) is 0 Å². The molecule has 2 aromatic rings. The minimum atomic E-state index is -0.803. The Kier molecular flexibility index (Phi) is 6.67. The van der Waals surface area contributed by atoms with E-state index in [-0.39, 0.29) is 18.4 Å². The molecule has 1 aliphatic rings. The summed E-state index contributed by atoms with van der Waals surface area (Å²) in [6.45, 7) is -0.475. The lowest BCUT2D eigenvalue weighted by Crippen LogP contribution is -2.45. The molecule has 2 N–H and O–H groups in total. The molecule has 1 aliphatic carbocycles. The van der Waals surface area contributed by atoms with Gasteiger partial charge >= 0.3 is 12.0 Å². The van der Waals surface area contributed by atoms with Gasteiger partial charge in [0.1, 0.15) is 12.4 Å². The summed E-state index contributed by atoms with van der Waals surface area (Å²) < 4.78 is 15.7. The van der Waals surface area contributed by atoms with Gasteiger partial charge in [0.05, 0.1) is 6.26 Å². The number of furan rings is 1. The van der Waals surface area contributed by atoms with Gasteiger partial charge in [-0.2, -0.15) is 0 Å². The summed E-state index contributed by atoms with van der Waals surface area (Å²) in [5, 5.41) is 4.87. The molecule has 1 aromatic heterocycles. The van der Waals surface area contributed by atoms with E-state index in [1.54, 1.807) is 18.2 Å². The van der Waals surface area contributed by atoms with Crippen LogP contribution in [-0.4, -0.2) is 30.6 Å². The van der Waals surface area contributed by atoms with Gasteiger partial charge in [-0.15, -0.1) is 0 Å². The van der Waals surface area contributed by atoms with Crippen LogP contribution in [0.25, 0.3) is 0 Å². The fourth-order valence-electron chi connectivity index (χ4n) is 2.96.